The van der Waals surface area contributed by atoms with E-state index in [2.05, 4.69) is 20.4 Å². The standard InChI is InChI=1S/C12H18N6/c1-4-11-15-10(13)5-12(16-11)14-6-9-7-18(3)17-8(9)2/h5,7H,4,6H2,1-3H3,(H3,13,14,15,16). The van der Waals surface area contributed by atoms with Crippen molar-refractivity contribution < 1.29 is 0 Å². The molecule has 0 atom stereocenters. The summed E-state index contributed by atoms with van der Waals surface area (Å²) in [5.74, 6) is 2.00. The Morgan fingerprint density at radius 2 is 2.17 bits per heavy atom. The zero-order valence-electron chi connectivity index (χ0n) is 10.9. The highest BCUT2D eigenvalue weighted by Gasteiger charge is 2.05. The van der Waals surface area contributed by atoms with Crippen molar-refractivity contribution in [1.29, 1.82) is 0 Å². The van der Waals surface area contributed by atoms with Crippen LogP contribution in [0.5, 0.6) is 0 Å². The van der Waals surface area contributed by atoms with Crippen molar-refractivity contribution in [2.24, 2.45) is 7.05 Å². The van der Waals surface area contributed by atoms with Crippen molar-refractivity contribution >= 4 is 11.6 Å². The van der Waals surface area contributed by atoms with Crippen LogP contribution in [0.3, 0.4) is 0 Å². The molecule has 3 N–H and O–H groups in total. The van der Waals surface area contributed by atoms with E-state index in [9.17, 15) is 0 Å². The van der Waals surface area contributed by atoms with Crippen LogP contribution in [0.15, 0.2) is 12.3 Å². The summed E-state index contributed by atoms with van der Waals surface area (Å²) in [4.78, 5) is 8.51. The topological polar surface area (TPSA) is 81.6 Å². The van der Waals surface area contributed by atoms with Gasteiger partial charge < -0.3 is 11.1 Å². The Bertz CT molecular complexity index is 545. The molecular weight excluding hydrogens is 228 g/mol. The lowest BCUT2D eigenvalue weighted by Gasteiger charge is -2.07. The first-order valence-corrected chi connectivity index (χ1v) is 5.95. The molecule has 18 heavy (non-hydrogen) atoms. The lowest BCUT2D eigenvalue weighted by Crippen LogP contribution is -2.06. The number of anilines is 2. The minimum Gasteiger partial charge on any atom is -0.384 e. The molecule has 96 valence electrons. The number of nitrogen functional groups attached to an aromatic ring is 1. The maximum absolute atomic E-state index is 5.73. The molecule has 2 aromatic rings. The molecule has 2 heterocycles. The largest absolute Gasteiger partial charge is 0.384 e. The van der Waals surface area contributed by atoms with E-state index in [-0.39, 0.29) is 0 Å². The number of hydrogen-bond acceptors (Lipinski definition) is 5. The summed E-state index contributed by atoms with van der Waals surface area (Å²) >= 11 is 0. The van der Waals surface area contributed by atoms with Gasteiger partial charge in [-0.2, -0.15) is 5.10 Å². The van der Waals surface area contributed by atoms with Gasteiger partial charge in [-0.05, 0) is 6.92 Å². The highest BCUT2D eigenvalue weighted by Crippen LogP contribution is 2.12. The molecule has 6 nitrogen and oxygen atoms in total. The van der Waals surface area contributed by atoms with Gasteiger partial charge in [0.05, 0.1) is 5.69 Å². The molecule has 0 aliphatic rings. The molecule has 0 saturated carbocycles. The van der Waals surface area contributed by atoms with Gasteiger partial charge in [0.1, 0.15) is 17.5 Å². The maximum Gasteiger partial charge on any atom is 0.132 e. The summed E-state index contributed by atoms with van der Waals surface area (Å²) in [7, 11) is 1.91. The lowest BCUT2D eigenvalue weighted by molar-refractivity contribution is 0.756. The fourth-order valence-electron chi connectivity index (χ4n) is 1.77. The van der Waals surface area contributed by atoms with Gasteiger partial charge in [-0.25, -0.2) is 9.97 Å². The number of hydrogen-bond donors (Lipinski definition) is 2. The van der Waals surface area contributed by atoms with Crippen LogP contribution in [-0.4, -0.2) is 19.7 Å². The Kier molecular flexibility index (Phi) is 3.45. The first-order chi connectivity index (χ1) is 8.58. The Balaban J connectivity index is 2.10. The molecule has 2 rings (SSSR count). The van der Waals surface area contributed by atoms with Crippen molar-refractivity contribution in [3.05, 3.63) is 29.3 Å². The Morgan fingerprint density at radius 3 is 2.78 bits per heavy atom. The number of aryl methyl sites for hydroxylation is 3. The van der Waals surface area contributed by atoms with E-state index in [4.69, 9.17) is 5.73 Å². The summed E-state index contributed by atoms with van der Waals surface area (Å²) in [5, 5.41) is 7.54. The average molecular weight is 246 g/mol. The van der Waals surface area contributed by atoms with E-state index in [0.717, 1.165) is 29.3 Å². The quantitative estimate of drug-likeness (QED) is 0.849. The predicted molar refractivity (Wildman–Crippen MR) is 71.1 cm³/mol. The third-order valence-corrected chi connectivity index (χ3v) is 2.68. The van der Waals surface area contributed by atoms with Crippen molar-refractivity contribution in [2.75, 3.05) is 11.1 Å². The third-order valence-electron chi connectivity index (χ3n) is 2.68. The summed E-state index contributed by atoms with van der Waals surface area (Å²) in [6.45, 7) is 4.67. The lowest BCUT2D eigenvalue weighted by atomic mass is 10.2. The summed E-state index contributed by atoms with van der Waals surface area (Å²) < 4.78 is 1.80. The van der Waals surface area contributed by atoms with E-state index in [1.54, 1.807) is 10.7 Å². The number of nitrogens with zero attached hydrogens (tertiary/aromatic N) is 4. The maximum atomic E-state index is 5.73. The van der Waals surface area contributed by atoms with E-state index in [1.807, 2.05) is 27.1 Å². The summed E-state index contributed by atoms with van der Waals surface area (Å²) in [5.41, 5.74) is 7.89. The average Bonchev–Trinajstić information content (AvgIpc) is 2.64. The zero-order chi connectivity index (χ0) is 13.1. The molecule has 0 fully saturated rings. The predicted octanol–water partition coefficient (Wildman–Crippen LogP) is 1.28. The highest BCUT2D eigenvalue weighted by molar-refractivity contribution is 5.45. The van der Waals surface area contributed by atoms with Crippen LogP contribution in [0.2, 0.25) is 0 Å². The number of nitrogens with two attached hydrogens (primary N) is 1. The Labute approximate surface area is 106 Å². The van der Waals surface area contributed by atoms with Crippen LogP contribution < -0.4 is 11.1 Å². The SMILES string of the molecule is CCc1nc(N)cc(NCc2cn(C)nc2C)n1. The smallest absolute Gasteiger partial charge is 0.132 e. The normalized spacial score (nSPS) is 10.6. The Morgan fingerprint density at radius 1 is 1.39 bits per heavy atom. The molecule has 0 aliphatic carbocycles. The molecular formula is C12H18N6. The van der Waals surface area contributed by atoms with Gasteiger partial charge in [-0.1, -0.05) is 6.92 Å². The fourth-order valence-corrected chi connectivity index (χ4v) is 1.77. The fraction of sp³-hybridized carbons (Fsp3) is 0.417. The molecule has 0 bridgehead atoms. The number of aromatic nitrogens is 4. The van der Waals surface area contributed by atoms with Gasteiger partial charge in [0.15, 0.2) is 0 Å². The molecule has 6 heteroatoms. The summed E-state index contributed by atoms with van der Waals surface area (Å²) in [6.07, 6.45) is 2.76. The molecule has 0 unspecified atom stereocenters. The monoisotopic (exact) mass is 246 g/mol. The van der Waals surface area contributed by atoms with E-state index < -0.39 is 0 Å². The Hall–Kier alpha value is -2.11. The van der Waals surface area contributed by atoms with Crippen LogP contribution in [0.1, 0.15) is 24.0 Å². The highest BCUT2D eigenvalue weighted by atomic mass is 15.3. The van der Waals surface area contributed by atoms with Gasteiger partial charge in [-0.15, -0.1) is 0 Å². The van der Waals surface area contributed by atoms with E-state index in [1.165, 1.54) is 0 Å². The molecule has 0 spiro atoms. The molecule has 0 aliphatic heterocycles. The number of rotatable bonds is 4. The molecule has 0 saturated heterocycles. The van der Waals surface area contributed by atoms with Gasteiger partial charge in [0.2, 0.25) is 0 Å². The van der Waals surface area contributed by atoms with Crippen molar-refractivity contribution in [3.8, 4) is 0 Å². The van der Waals surface area contributed by atoms with Crippen LogP contribution in [0, 0.1) is 6.92 Å². The minimum atomic E-state index is 0.493. The van der Waals surface area contributed by atoms with Crippen molar-refractivity contribution in [3.63, 3.8) is 0 Å². The van der Waals surface area contributed by atoms with Gasteiger partial charge >= 0.3 is 0 Å². The first-order valence-electron chi connectivity index (χ1n) is 5.95. The zero-order valence-corrected chi connectivity index (χ0v) is 10.9. The van der Waals surface area contributed by atoms with Crippen molar-refractivity contribution in [2.45, 2.75) is 26.8 Å². The minimum absolute atomic E-state index is 0.493. The van der Waals surface area contributed by atoms with Gasteiger partial charge in [0, 0.05) is 37.8 Å². The number of nitrogens with one attached hydrogen (secondary N) is 1. The second-order valence-electron chi connectivity index (χ2n) is 4.21. The van der Waals surface area contributed by atoms with E-state index in [0.29, 0.717) is 12.4 Å². The first kappa shape index (κ1) is 12.3. The third kappa shape index (κ3) is 2.77. The van der Waals surface area contributed by atoms with E-state index >= 15 is 0 Å². The van der Waals surface area contributed by atoms with Gasteiger partial charge in [0.25, 0.3) is 0 Å². The van der Waals surface area contributed by atoms with Crippen LogP contribution in [0.4, 0.5) is 11.6 Å². The molecule has 0 aromatic carbocycles. The van der Waals surface area contributed by atoms with Crippen molar-refractivity contribution in [1.82, 2.24) is 19.7 Å². The van der Waals surface area contributed by atoms with Crippen LogP contribution in [-0.2, 0) is 20.0 Å². The summed E-state index contributed by atoms with van der Waals surface area (Å²) in [6, 6.07) is 1.74. The second kappa shape index (κ2) is 5.03. The molecule has 0 amide bonds. The molecule has 2 aromatic heterocycles. The molecule has 0 radical (unpaired) electrons. The van der Waals surface area contributed by atoms with Gasteiger partial charge in [-0.3, -0.25) is 4.68 Å². The second-order valence-corrected chi connectivity index (χ2v) is 4.21. The van der Waals surface area contributed by atoms with Crippen LogP contribution in [0.25, 0.3) is 0 Å². The van der Waals surface area contributed by atoms with Crippen LogP contribution >= 0.6 is 0 Å².